The van der Waals surface area contributed by atoms with Gasteiger partial charge in [-0.1, -0.05) is 48.0 Å². The maximum Gasteiger partial charge on any atom is 0.244 e. The molecular weight excluding hydrogens is 384 g/mol. The van der Waals surface area contributed by atoms with Gasteiger partial charge in [-0.3, -0.25) is 4.79 Å². The van der Waals surface area contributed by atoms with E-state index in [4.69, 9.17) is 11.6 Å². The van der Waals surface area contributed by atoms with Crippen LogP contribution in [-0.4, -0.2) is 20.4 Å². The first-order valence-electron chi connectivity index (χ1n) is 9.21. The van der Waals surface area contributed by atoms with Gasteiger partial charge in [-0.25, -0.2) is 9.97 Å². The molecule has 0 aliphatic rings. The number of carbonyl (C=O) groups is 1. The van der Waals surface area contributed by atoms with Gasteiger partial charge < -0.3 is 9.88 Å². The average Bonchev–Trinajstić information content (AvgIpc) is 3.24. The van der Waals surface area contributed by atoms with Gasteiger partial charge in [0.1, 0.15) is 0 Å². The molecule has 5 nitrogen and oxygen atoms in total. The third kappa shape index (κ3) is 5.09. The van der Waals surface area contributed by atoms with E-state index in [0.29, 0.717) is 17.3 Å². The minimum absolute atomic E-state index is 0.166. The molecule has 1 amide bonds. The lowest BCUT2D eigenvalue weighted by atomic mass is 10.1. The number of carbonyl (C=O) groups excluding carboxylic acids is 1. The van der Waals surface area contributed by atoms with Gasteiger partial charge in [-0.2, -0.15) is 0 Å². The lowest BCUT2D eigenvalue weighted by molar-refractivity contribution is -0.116. The second-order valence-electron chi connectivity index (χ2n) is 6.68. The van der Waals surface area contributed by atoms with Crippen molar-refractivity contribution >= 4 is 34.5 Å². The Kier molecular flexibility index (Phi) is 5.68. The van der Waals surface area contributed by atoms with Crippen LogP contribution in [0.15, 0.2) is 79.4 Å². The molecule has 0 saturated heterocycles. The zero-order valence-electron chi connectivity index (χ0n) is 15.6. The zero-order valence-corrected chi connectivity index (χ0v) is 16.4. The molecule has 4 rings (SSSR count). The van der Waals surface area contributed by atoms with Crippen molar-refractivity contribution in [1.29, 1.82) is 0 Å². The van der Waals surface area contributed by atoms with Crippen LogP contribution in [0.25, 0.3) is 17.0 Å². The molecule has 0 spiro atoms. The highest BCUT2D eigenvalue weighted by atomic mass is 35.5. The van der Waals surface area contributed by atoms with E-state index in [0.717, 1.165) is 23.0 Å². The highest BCUT2D eigenvalue weighted by Crippen LogP contribution is 2.18. The maximum atomic E-state index is 12.1. The number of imidazole rings is 1. The molecule has 2 aromatic carbocycles. The van der Waals surface area contributed by atoms with Crippen molar-refractivity contribution in [3.05, 3.63) is 101 Å². The number of benzene rings is 2. The Hall–Kier alpha value is -3.44. The van der Waals surface area contributed by atoms with Crippen molar-refractivity contribution in [2.24, 2.45) is 0 Å². The number of rotatable bonds is 6. The molecule has 144 valence electrons. The maximum absolute atomic E-state index is 12.1. The molecule has 0 aliphatic heterocycles. The van der Waals surface area contributed by atoms with E-state index in [9.17, 15) is 4.79 Å². The Morgan fingerprint density at radius 1 is 1.07 bits per heavy atom. The third-order valence-electron chi connectivity index (χ3n) is 4.50. The molecule has 0 radical (unpaired) electrons. The van der Waals surface area contributed by atoms with Crippen molar-refractivity contribution in [3.63, 3.8) is 0 Å². The number of nitrogens with one attached hydrogen (secondary N) is 1. The summed E-state index contributed by atoms with van der Waals surface area (Å²) < 4.78 is 2.01. The molecule has 4 aromatic rings. The van der Waals surface area contributed by atoms with Gasteiger partial charge in [0.05, 0.1) is 17.5 Å². The van der Waals surface area contributed by atoms with Crippen LogP contribution in [0.5, 0.6) is 0 Å². The molecule has 0 unspecified atom stereocenters. The second kappa shape index (κ2) is 8.71. The lowest BCUT2D eigenvalue weighted by Gasteiger charge is -2.06. The van der Waals surface area contributed by atoms with Crippen LogP contribution in [0.2, 0.25) is 5.02 Å². The first-order valence-corrected chi connectivity index (χ1v) is 9.59. The monoisotopic (exact) mass is 402 g/mol. The van der Waals surface area contributed by atoms with E-state index in [1.54, 1.807) is 18.6 Å². The van der Waals surface area contributed by atoms with Gasteiger partial charge >= 0.3 is 0 Å². The Bertz CT molecular complexity index is 1150. The second-order valence-corrected chi connectivity index (χ2v) is 7.11. The van der Waals surface area contributed by atoms with Gasteiger partial charge in [0.25, 0.3) is 0 Å². The van der Waals surface area contributed by atoms with Crippen molar-refractivity contribution < 1.29 is 4.79 Å². The fourth-order valence-corrected chi connectivity index (χ4v) is 3.13. The summed E-state index contributed by atoms with van der Waals surface area (Å²) >= 11 is 6.02. The molecular formula is C23H19ClN4O. The summed E-state index contributed by atoms with van der Waals surface area (Å²) in [5.41, 5.74) is 3.73. The van der Waals surface area contributed by atoms with E-state index in [-0.39, 0.29) is 5.91 Å². The van der Waals surface area contributed by atoms with E-state index >= 15 is 0 Å². The molecule has 1 N–H and O–H groups in total. The summed E-state index contributed by atoms with van der Waals surface area (Å²) in [6, 6.07) is 17.6. The van der Waals surface area contributed by atoms with Crippen molar-refractivity contribution in [3.8, 4) is 0 Å². The van der Waals surface area contributed by atoms with Gasteiger partial charge in [-0.15, -0.1) is 0 Å². The first kappa shape index (κ1) is 18.9. The average molecular weight is 403 g/mol. The summed E-state index contributed by atoms with van der Waals surface area (Å²) in [7, 11) is 0. The fourth-order valence-electron chi connectivity index (χ4n) is 2.96. The number of amides is 1. The number of nitrogens with zero attached hydrogens (tertiary/aromatic N) is 3. The number of aromatic nitrogens is 3. The van der Waals surface area contributed by atoms with Crippen LogP contribution in [0.4, 0.5) is 0 Å². The minimum atomic E-state index is -0.166. The van der Waals surface area contributed by atoms with Gasteiger partial charge in [-0.05, 0) is 35.4 Å². The first-order chi connectivity index (χ1) is 14.2. The van der Waals surface area contributed by atoms with E-state index in [1.165, 1.54) is 11.6 Å². The predicted molar refractivity (Wildman–Crippen MR) is 115 cm³/mol. The normalized spacial score (nSPS) is 11.2. The standard InChI is InChI=1S/C23H19ClN4O/c24-20-7-5-19-6-8-21(27-22(19)13-20)9-10-23(29)26-14-17-1-3-18(4-2-17)15-28-12-11-25-16-28/h1-13,16H,14-15H2,(H,26,29)/b10-9-. The quantitative estimate of drug-likeness (QED) is 0.484. The van der Waals surface area contributed by atoms with Crippen LogP contribution in [0.1, 0.15) is 16.8 Å². The van der Waals surface area contributed by atoms with Crippen LogP contribution < -0.4 is 5.32 Å². The lowest BCUT2D eigenvalue weighted by Crippen LogP contribution is -2.20. The van der Waals surface area contributed by atoms with E-state index in [2.05, 4.69) is 27.4 Å². The number of pyridine rings is 1. The fraction of sp³-hybridized carbons (Fsp3) is 0.0870. The Labute approximate surface area is 173 Å². The third-order valence-corrected chi connectivity index (χ3v) is 4.73. The number of hydrogen-bond donors (Lipinski definition) is 1. The summed E-state index contributed by atoms with van der Waals surface area (Å²) in [5.74, 6) is -0.166. The molecule has 29 heavy (non-hydrogen) atoms. The molecule has 0 aliphatic carbocycles. The molecule has 0 saturated carbocycles. The molecule has 0 bridgehead atoms. The van der Waals surface area contributed by atoms with Crippen LogP contribution >= 0.6 is 11.6 Å². The molecule has 6 heteroatoms. The molecule has 2 aromatic heterocycles. The van der Waals surface area contributed by atoms with Crippen molar-refractivity contribution in [2.45, 2.75) is 13.1 Å². The number of hydrogen-bond acceptors (Lipinski definition) is 3. The summed E-state index contributed by atoms with van der Waals surface area (Å²) in [6.45, 7) is 1.24. The molecule has 0 atom stereocenters. The number of fused-ring (bicyclic) bond motifs is 1. The highest BCUT2D eigenvalue weighted by molar-refractivity contribution is 6.31. The smallest absolute Gasteiger partial charge is 0.244 e. The topological polar surface area (TPSA) is 59.8 Å². The van der Waals surface area contributed by atoms with Gasteiger partial charge in [0, 0.05) is 42.0 Å². The van der Waals surface area contributed by atoms with Gasteiger partial charge in [0.15, 0.2) is 0 Å². The van der Waals surface area contributed by atoms with Crippen molar-refractivity contribution in [2.75, 3.05) is 0 Å². The molecule has 0 fully saturated rings. The Morgan fingerprint density at radius 3 is 2.66 bits per heavy atom. The minimum Gasteiger partial charge on any atom is -0.348 e. The van der Waals surface area contributed by atoms with E-state index < -0.39 is 0 Å². The van der Waals surface area contributed by atoms with E-state index in [1.807, 2.05) is 53.2 Å². The van der Waals surface area contributed by atoms with Crippen LogP contribution in [0, 0.1) is 0 Å². The van der Waals surface area contributed by atoms with Crippen LogP contribution in [-0.2, 0) is 17.9 Å². The number of halogens is 1. The largest absolute Gasteiger partial charge is 0.348 e. The summed E-state index contributed by atoms with van der Waals surface area (Å²) in [4.78, 5) is 20.7. The van der Waals surface area contributed by atoms with Crippen molar-refractivity contribution in [1.82, 2.24) is 19.9 Å². The zero-order chi connectivity index (χ0) is 20.1. The van der Waals surface area contributed by atoms with Gasteiger partial charge in [0.2, 0.25) is 5.91 Å². The SMILES string of the molecule is O=C(/C=C\c1ccc2ccc(Cl)cc2n1)NCc1ccc(Cn2ccnc2)cc1. The summed E-state index contributed by atoms with van der Waals surface area (Å²) in [6.07, 6.45) is 8.68. The predicted octanol–water partition coefficient (Wildman–Crippen LogP) is 4.46. The highest BCUT2D eigenvalue weighted by Gasteiger charge is 2.01. The Morgan fingerprint density at radius 2 is 1.86 bits per heavy atom. The molecule has 2 heterocycles. The van der Waals surface area contributed by atoms with Crippen LogP contribution in [0.3, 0.4) is 0 Å². The summed E-state index contributed by atoms with van der Waals surface area (Å²) in [5, 5.41) is 4.54. The Balaban J connectivity index is 1.32.